The predicted molar refractivity (Wildman–Crippen MR) is 64.3 cm³/mol. The van der Waals surface area contributed by atoms with Crippen molar-refractivity contribution in [3.8, 4) is 5.75 Å². The number of ether oxygens (including phenoxy) is 1. The number of benzene rings is 1. The number of para-hydroxylation sites is 1. The van der Waals surface area contributed by atoms with Crippen LogP contribution in [0, 0.1) is 5.82 Å². The van der Waals surface area contributed by atoms with E-state index in [1.54, 1.807) is 18.2 Å². The van der Waals surface area contributed by atoms with Gasteiger partial charge in [0.2, 0.25) is 0 Å². The molecule has 1 rings (SSSR count). The highest BCUT2D eigenvalue weighted by atomic mass is 19.1. The van der Waals surface area contributed by atoms with Crippen molar-refractivity contribution in [3.63, 3.8) is 0 Å². The topological polar surface area (TPSA) is 21.3 Å². The third-order valence-corrected chi connectivity index (χ3v) is 2.69. The average Bonchev–Trinajstić information content (AvgIpc) is 2.31. The van der Waals surface area contributed by atoms with Gasteiger partial charge in [0.05, 0.1) is 6.61 Å². The summed E-state index contributed by atoms with van der Waals surface area (Å²) in [5, 5.41) is 3.23. The van der Waals surface area contributed by atoms with E-state index < -0.39 is 0 Å². The molecular weight excluding hydrogens is 205 g/mol. The van der Waals surface area contributed by atoms with E-state index >= 15 is 0 Å². The zero-order valence-electron chi connectivity index (χ0n) is 10.0. The summed E-state index contributed by atoms with van der Waals surface area (Å²) in [6, 6.07) is 7.05. The lowest BCUT2D eigenvalue weighted by atomic mass is 10.1. The van der Waals surface area contributed by atoms with E-state index in [1.165, 1.54) is 6.07 Å². The van der Waals surface area contributed by atoms with Gasteiger partial charge < -0.3 is 10.1 Å². The van der Waals surface area contributed by atoms with E-state index in [-0.39, 0.29) is 5.82 Å². The monoisotopic (exact) mass is 225 g/mol. The molecule has 0 saturated carbocycles. The summed E-state index contributed by atoms with van der Waals surface area (Å²) < 4.78 is 18.5. The first-order valence-electron chi connectivity index (χ1n) is 5.82. The Balaban J connectivity index is 2.23. The van der Waals surface area contributed by atoms with Gasteiger partial charge in [0.1, 0.15) is 0 Å². The molecule has 16 heavy (non-hydrogen) atoms. The Bertz CT molecular complexity index is 300. The van der Waals surface area contributed by atoms with Gasteiger partial charge in [0, 0.05) is 6.04 Å². The highest BCUT2D eigenvalue weighted by Crippen LogP contribution is 2.15. The molecule has 1 unspecified atom stereocenters. The maximum Gasteiger partial charge on any atom is 0.165 e. The lowest BCUT2D eigenvalue weighted by molar-refractivity contribution is 0.283. The Morgan fingerprint density at radius 1 is 1.38 bits per heavy atom. The fourth-order valence-electron chi connectivity index (χ4n) is 1.63. The summed E-state index contributed by atoms with van der Waals surface area (Å²) in [4.78, 5) is 0. The van der Waals surface area contributed by atoms with Crippen molar-refractivity contribution in [2.24, 2.45) is 0 Å². The van der Waals surface area contributed by atoms with Crippen molar-refractivity contribution in [2.45, 2.75) is 32.2 Å². The van der Waals surface area contributed by atoms with Gasteiger partial charge in [-0.05, 0) is 38.4 Å². The van der Waals surface area contributed by atoms with Crippen LogP contribution in [0.5, 0.6) is 5.75 Å². The Morgan fingerprint density at radius 2 is 2.12 bits per heavy atom. The molecule has 1 aromatic carbocycles. The van der Waals surface area contributed by atoms with E-state index in [9.17, 15) is 4.39 Å². The summed E-state index contributed by atoms with van der Waals surface area (Å²) >= 11 is 0. The fraction of sp³-hybridized carbons (Fsp3) is 0.538. The minimum atomic E-state index is -0.289. The molecule has 0 aliphatic heterocycles. The van der Waals surface area contributed by atoms with Gasteiger partial charge >= 0.3 is 0 Å². The van der Waals surface area contributed by atoms with Crippen molar-refractivity contribution in [2.75, 3.05) is 13.7 Å². The SMILES string of the molecule is CCC(CCCOc1ccccc1F)NC. The minimum absolute atomic E-state index is 0.289. The van der Waals surface area contributed by atoms with E-state index in [1.807, 2.05) is 7.05 Å². The van der Waals surface area contributed by atoms with Crippen LogP contribution in [0.3, 0.4) is 0 Å². The van der Waals surface area contributed by atoms with Gasteiger partial charge in [0.25, 0.3) is 0 Å². The number of hydrogen-bond donors (Lipinski definition) is 1. The highest BCUT2D eigenvalue weighted by molar-refractivity contribution is 5.23. The summed E-state index contributed by atoms with van der Waals surface area (Å²) in [5.74, 6) is 0.0585. The third kappa shape index (κ3) is 4.19. The lowest BCUT2D eigenvalue weighted by Gasteiger charge is -2.13. The molecule has 0 spiro atoms. The van der Waals surface area contributed by atoms with E-state index in [0.717, 1.165) is 19.3 Å². The van der Waals surface area contributed by atoms with Gasteiger partial charge in [0.15, 0.2) is 11.6 Å². The van der Waals surface area contributed by atoms with Crippen molar-refractivity contribution >= 4 is 0 Å². The smallest absolute Gasteiger partial charge is 0.165 e. The molecule has 2 nitrogen and oxygen atoms in total. The van der Waals surface area contributed by atoms with Crippen LogP contribution in [-0.2, 0) is 0 Å². The van der Waals surface area contributed by atoms with Crippen LogP contribution in [-0.4, -0.2) is 19.7 Å². The molecule has 0 aromatic heterocycles. The van der Waals surface area contributed by atoms with Crippen LogP contribution in [0.1, 0.15) is 26.2 Å². The fourth-order valence-corrected chi connectivity index (χ4v) is 1.63. The number of nitrogens with one attached hydrogen (secondary N) is 1. The third-order valence-electron chi connectivity index (χ3n) is 2.69. The molecule has 1 atom stereocenters. The summed E-state index contributed by atoms with van der Waals surface area (Å²) in [5.41, 5.74) is 0. The van der Waals surface area contributed by atoms with Crippen LogP contribution in [0.25, 0.3) is 0 Å². The maximum atomic E-state index is 13.2. The van der Waals surface area contributed by atoms with Crippen molar-refractivity contribution in [1.82, 2.24) is 5.32 Å². The molecule has 0 radical (unpaired) electrons. The first-order valence-corrected chi connectivity index (χ1v) is 5.82. The molecule has 0 bridgehead atoms. The van der Waals surface area contributed by atoms with E-state index in [2.05, 4.69) is 12.2 Å². The van der Waals surface area contributed by atoms with Crippen molar-refractivity contribution in [1.29, 1.82) is 0 Å². The molecule has 0 fully saturated rings. The van der Waals surface area contributed by atoms with Gasteiger partial charge in [-0.15, -0.1) is 0 Å². The predicted octanol–water partition coefficient (Wildman–Crippen LogP) is 2.98. The second-order valence-electron chi connectivity index (χ2n) is 3.81. The zero-order chi connectivity index (χ0) is 11.8. The Kier molecular flexibility index (Phi) is 5.86. The molecule has 3 heteroatoms. The second kappa shape index (κ2) is 7.23. The van der Waals surface area contributed by atoms with Gasteiger partial charge in [-0.2, -0.15) is 0 Å². The molecule has 0 amide bonds. The first kappa shape index (κ1) is 13.0. The average molecular weight is 225 g/mol. The molecule has 1 aromatic rings. The highest BCUT2D eigenvalue weighted by Gasteiger charge is 2.04. The summed E-state index contributed by atoms with van der Waals surface area (Å²) in [6.45, 7) is 2.72. The number of hydrogen-bond acceptors (Lipinski definition) is 2. The lowest BCUT2D eigenvalue weighted by Crippen LogP contribution is -2.24. The van der Waals surface area contributed by atoms with Crippen LogP contribution in [0.2, 0.25) is 0 Å². The van der Waals surface area contributed by atoms with Crippen LogP contribution >= 0.6 is 0 Å². The Hall–Kier alpha value is -1.09. The number of halogens is 1. The van der Waals surface area contributed by atoms with Gasteiger partial charge in [-0.3, -0.25) is 0 Å². The molecule has 0 aliphatic rings. The summed E-state index contributed by atoms with van der Waals surface area (Å²) in [6.07, 6.45) is 3.10. The molecule has 0 heterocycles. The zero-order valence-corrected chi connectivity index (χ0v) is 10.0. The van der Waals surface area contributed by atoms with Crippen molar-refractivity contribution < 1.29 is 9.13 Å². The molecule has 90 valence electrons. The van der Waals surface area contributed by atoms with Crippen LogP contribution in [0.15, 0.2) is 24.3 Å². The molecule has 0 saturated heterocycles. The quantitative estimate of drug-likeness (QED) is 0.720. The van der Waals surface area contributed by atoms with Crippen molar-refractivity contribution in [3.05, 3.63) is 30.1 Å². The van der Waals surface area contributed by atoms with Gasteiger partial charge in [-0.25, -0.2) is 4.39 Å². The van der Waals surface area contributed by atoms with Crippen LogP contribution in [0.4, 0.5) is 4.39 Å². The first-order chi connectivity index (χ1) is 7.77. The van der Waals surface area contributed by atoms with Gasteiger partial charge in [-0.1, -0.05) is 19.1 Å². The summed E-state index contributed by atoms with van der Waals surface area (Å²) in [7, 11) is 1.96. The molecule has 0 aliphatic carbocycles. The van der Waals surface area contributed by atoms with E-state index in [0.29, 0.717) is 18.4 Å². The Labute approximate surface area is 96.8 Å². The van der Waals surface area contributed by atoms with Crippen LogP contribution < -0.4 is 10.1 Å². The van der Waals surface area contributed by atoms with E-state index in [4.69, 9.17) is 4.74 Å². The molecule has 1 N–H and O–H groups in total. The standard InChI is InChI=1S/C13H20FNO/c1-3-11(15-2)7-6-10-16-13-9-5-4-8-12(13)14/h4-5,8-9,11,15H,3,6-7,10H2,1-2H3. The number of rotatable bonds is 7. The normalized spacial score (nSPS) is 12.4. The minimum Gasteiger partial charge on any atom is -0.491 e. The largest absolute Gasteiger partial charge is 0.491 e. The second-order valence-corrected chi connectivity index (χ2v) is 3.81. The molecular formula is C13H20FNO. The maximum absolute atomic E-state index is 13.2. The Morgan fingerprint density at radius 3 is 2.75 bits per heavy atom.